The lowest BCUT2D eigenvalue weighted by Crippen LogP contribution is -2.32. The van der Waals surface area contributed by atoms with Crippen LogP contribution in [0.15, 0.2) is 29.6 Å². The summed E-state index contributed by atoms with van der Waals surface area (Å²) in [6.45, 7) is 3.64. The Morgan fingerprint density at radius 2 is 2.41 bits per heavy atom. The molecule has 2 aromatic rings. The van der Waals surface area contributed by atoms with E-state index in [0.717, 1.165) is 34.9 Å². The maximum Gasteiger partial charge on any atom is 0.238 e. The van der Waals surface area contributed by atoms with Gasteiger partial charge in [-0.2, -0.15) is 0 Å². The number of anilines is 1. The minimum atomic E-state index is -0.302. The van der Waals surface area contributed by atoms with Gasteiger partial charge < -0.3 is 10.4 Å². The van der Waals surface area contributed by atoms with Gasteiger partial charge in [0.1, 0.15) is 0 Å². The number of carbonyl (C=O) groups is 1. The van der Waals surface area contributed by atoms with Gasteiger partial charge in [0.25, 0.3) is 0 Å². The van der Waals surface area contributed by atoms with Crippen LogP contribution < -0.4 is 5.32 Å². The van der Waals surface area contributed by atoms with Crippen LogP contribution in [0.5, 0.6) is 0 Å². The highest BCUT2D eigenvalue weighted by Gasteiger charge is 2.21. The van der Waals surface area contributed by atoms with Crippen LogP contribution in [0, 0.1) is 6.92 Å². The number of rotatable bonds is 4. The average molecular weight is 317 g/mol. The number of aliphatic hydroxyl groups excluding tert-OH is 1. The van der Waals surface area contributed by atoms with Crippen LogP contribution in [-0.4, -0.2) is 46.6 Å². The van der Waals surface area contributed by atoms with Crippen LogP contribution in [0.1, 0.15) is 11.4 Å². The molecule has 0 radical (unpaired) electrons. The maximum atomic E-state index is 12.1. The van der Waals surface area contributed by atoms with Gasteiger partial charge in [0.2, 0.25) is 5.91 Å². The summed E-state index contributed by atoms with van der Waals surface area (Å²) in [4.78, 5) is 18.5. The minimum Gasteiger partial charge on any atom is -0.392 e. The Labute approximate surface area is 133 Å². The fourth-order valence-corrected chi connectivity index (χ4v) is 3.23. The first-order valence-corrected chi connectivity index (χ1v) is 8.21. The van der Waals surface area contributed by atoms with Crippen molar-refractivity contribution >= 4 is 22.9 Å². The van der Waals surface area contributed by atoms with Gasteiger partial charge in [-0.1, -0.05) is 12.1 Å². The monoisotopic (exact) mass is 317 g/mol. The number of hydrogen-bond donors (Lipinski definition) is 2. The van der Waals surface area contributed by atoms with Gasteiger partial charge in [-0.05, 0) is 25.5 Å². The molecule has 2 N–H and O–H groups in total. The molecule has 1 aliphatic heterocycles. The molecule has 1 amide bonds. The molecular weight excluding hydrogens is 298 g/mol. The number of aromatic nitrogens is 1. The molecule has 0 spiro atoms. The predicted octanol–water partition coefficient (Wildman–Crippen LogP) is 2.12. The Kier molecular flexibility index (Phi) is 4.52. The van der Waals surface area contributed by atoms with E-state index in [4.69, 9.17) is 0 Å². The molecule has 1 fully saturated rings. The van der Waals surface area contributed by atoms with E-state index in [1.165, 1.54) is 0 Å². The van der Waals surface area contributed by atoms with Gasteiger partial charge in [-0.3, -0.25) is 9.69 Å². The third-order valence-corrected chi connectivity index (χ3v) is 4.45. The van der Waals surface area contributed by atoms with E-state index in [-0.39, 0.29) is 12.0 Å². The largest absolute Gasteiger partial charge is 0.392 e. The lowest BCUT2D eigenvalue weighted by atomic mass is 10.1. The summed E-state index contributed by atoms with van der Waals surface area (Å²) in [5.41, 5.74) is 2.70. The molecule has 1 saturated heterocycles. The Bertz CT molecular complexity index is 671. The molecule has 1 aromatic heterocycles. The van der Waals surface area contributed by atoms with Crippen molar-refractivity contribution in [2.75, 3.05) is 25.0 Å². The zero-order valence-corrected chi connectivity index (χ0v) is 13.3. The molecule has 116 valence electrons. The summed E-state index contributed by atoms with van der Waals surface area (Å²) >= 11 is 1.61. The molecule has 1 aliphatic rings. The average Bonchev–Trinajstić information content (AvgIpc) is 3.08. The van der Waals surface area contributed by atoms with Crippen molar-refractivity contribution in [1.29, 1.82) is 0 Å². The maximum absolute atomic E-state index is 12.1. The van der Waals surface area contributed by atoms with Crippen molar-refractivity contribution in [3.05, 3.63) is 34.7 Å². The molecule has 3 rings (SSSR count). The molecule has 22 heavy (non-hydrogen) atoms. The van der Waals surface area contributed by atoms with Crippen LogP contribution in [0.25, 0.3) is 11.3 Å². The van der Waals surface area contributed by atoms with Crippen LogP contribution in [0.3, 0.4) is 0 Å². The van der Waals surface area contributed by atoms with Gasteiger partial charge in [-0.15, -0.1) is 11.3 Å². The topological polar surface area (TPSA) is 65.5 Å². The second kappa shape index (κ2) is 6.56. The summed E-state index contributed by atoms with van der Waals surface area (Å²) in [6, 6.07) is 7.71. The third kappa shape index (κ3) is 3.71. The van der Waals surface area contributed by atoms with Crippen molar-refractivity contribution in [3.63, 3.8) is 0 Å². The quantitative estimate of drug-likeness (QED) is 0.906. The normalized spacial score (nSPS) is 18.5. The van der Waals surface area contributed by atoms with Crippen molar-refractivity contribution in [2.45, 2.75) is 19.4 Å². The Hall–Kier alpha value is -1.76. The second-order valence-electron chi connectivity index (χ2n) is 5.56. The fraction of sp³-hybridized carbons (Fsp3) is 0.375. The summed E-state index contributed by atoms with van der Waals surface area (Å²) < 4.78 is 0. The highest BCUT2D eigenvalue weighted by Crippen LogP contribution is 2.24. The van der Waals surface area contributed by atoms with Gasteiger partial charge in [0.15, 0.2) is 0 Å². The number of nitrogens with zero attached hydrogens (tertiary/aromatic N) is 2. The van der Waals surface area contributed by atoms with E-state index >= 15 is 0 Å². The zero-order chi connectivity index (χ0) is 15.5. The van der Waals surface area contributed by atoms with Crippen molar-refractivity contribution in [3.8, 4) is 11.3 Å². The summed E-state index contributed by atoms with van der Waals surface area (Å²) in [5.74, 6) is -0.0549. The summed E-state index contributed by atoms with van der Waals surface area (Å²) in [7, 11) is 0. The highest BCUT2D eigenvalue weighted by atomic mass is 32.1. The number of nitrogens with one attached hydrogen (secondary N) is 1. The van der Waals surface area contributed by atoms with E-state index in [2.05, 4.69) is 10.3 Å². The molecule has 0 unspecified atom stereocenters. The standard InChI is InChI=1S/C16H19N3O2S/c1-11-17-15(10-22-11)12-3-2-4-13(7-12)18-16(21)9-19-6-5-14(20)8-19/h2-4,7,10,14,20H,5-6,8-9H2,1H3,(H,18,21)/t14-/m0/s1. The van der Waals surface area contributed by atoms with Crippen LogP contribution in [0.2, 0.25) is 0 Å². The Balaban J connectivity index is 1.64. The molecule has 2 heterocycles. The fourth-order valence-electron chi connectivity index (χ4n) is 2.61. The van der Waals surface area contributed by atoms with E-state index in [1.54, 1.807) is 11.3 Å². The number of thiazole rings is 1. The first kappa shape index (κ1) is 15.1. The van der Waals surface area contributed by atoms with E-state index < -0.39 is 0 Å². The number of hydrogen-bond acceptors (Lipinski definition) is 5. The Morgan fingerprint density at radius 3 is 3.09 bits per heavy atom. The lowest BCUT2D eigenvalue weighted by molar-refractivity contribution is -0.117. The van der Waals surface area contributed by atoms with Crippen LogP contribution >= 0.6 is 11.3 Å². The van der Waals surface area contributed by atoms with Gasteiger partial charge in [0.05, 0.1) is 23.4 Å². The van der Waals surface area contributed by atoms with Gasteiger partial charge >= 0.3 is 0 Å². The number of β-amino-alcohol motifs (C(OH)–C–C–N with tert-alkyl or cyclic N) is 1. The summed E-state index contributed by atoms with van der Waals surface area (Å²) in [6.07, 6.45) is 0.440. The van der Waals surface area contributed by atoms with Crippen molar-refractivity contribution < 1.29 is 9.90 Å². The number of aryl methyl sites for hydroxylation is 1. The first-order chi connectivity index (χ1) is 10.6. The number of carbonyl (C=O) groups excluding carboxylic acids is 1. The molecule has 1 atom stereocenters. The molecule has 0 bridgehead atoms. The molecule has 6 heteroatoms. The van der Waals surface area contributed by atoms with Gasteiger partial charge in [-0.25, -0.2) is 4.98 Å². The van der Waals surface area contributed by atoms with E-state index in [0.29, 0.717) is 13.1 Å². The lowest BCUT2D eigenvalue weighted by Gasteiger charge is -2.14. The van der Waals surface area contributed by atoms with Crippen LogP contribution in [-0.2, 0) is 4.79 Å². The smallest absolute Gasteiger partial charge is 0.238 e. The third-order valence-electron chi connectivity index (χ3n) is 3.68. The Morgan fingerprint density at radius 1 is 1.55 bits per heavy atom. The van der Waals surface area contributed by atoms with Crippen molar-refractivity contribution in [1.82, 2.24) is 9.88 Å². The van der Waals surface area contributed by atoms with Gasteiger partial charge in [0, 0.05) is 29.7 Å². The van der Waals surface area contributed by atoms with Crippen LogP contribution in [0.4, 0.5) is 5.69 Å². The highest BCUT2D eigenvalue weighted by molar-refractivity contribution is 7.09. The molecule has 1 aromatic carbocycles. The SMILES string of the molecule is Cc1nc(-c2cccc(NC(=O)CN3CC[C@H](O)C3)c2)cs1. The predicted molar refractivity (Wildman–Crippen MR) is 88.0 cm³/mol. The minimum absolute atomic E-state index is 0.0549. The molecule has 0 aliphatic carbocycles. The van der Waals surface area contributed by atoms with E-state index in [9.17, 15) is 9.90 Å². The zero-order valence-electron chi connectivity index (χ0n) is 12.5. The van der Waals surface area contributed by atoms with E-state index in [1.807, 2.05) is 41.5 Å². The number of aliphatic hydroxyl groups is 1. The number of likely N-dealkylation sites (tertiary alicyclic amines) is 1. The number of benzene rings is 1. The summed E-state index contributed by atoms with van der Waals surface area (Å²) in [5, 5.41) is 15.4. The second-order valence-corrected chi connectivity index (χ2v) is 6.62. The molecule has 5 nitrogen and oxygen atoms in total. The number of amides is 1. The first-order valence-electron chi connectivity index (χ1n) is 7.33. The molecular formula is C16H19N3O2S. The molecule has 0 saturated carbocycles. The van der Waals surface area contributed by atoms with Crippen molar-refractivity contribution in [2.24, 2.45) is 0 Å².